The van der Waals surface area contributed by atoms with Gasteiger partial charge in [0.1, 0.15) is 0 Å². The Morgan fingerprint density at radius 3 is 2.75 bits per heavy atom. The molecule has 4 aliphatic rings. The van der Waals surface area contributed by atoms with Crippen molar-refractivity contribution < 1.29 is 14.4 Å². The third-order valence-corrected chi connectivity index (χ3v) is 4.67. The maximum Gasteiger partial charge on any atom is 0.234 e. The molecule has 5 rings (SSSR count). The zero-order valence-corrected chi connectivity index (χ0v) is 11.4. The van der Waals surface area contributed by atoms with E-state index in [1.54, 1.807) is 0 Å². The number of aliphatic hydroxyl groups is 1. The van der Waals surface area contributed by atoms with Crippen LogP contribution in [0.25, 0.3) is 0 Å². The summed E-state index contributed by atoms with van der Waals surface area (Å²) in [6.45, 7) is 6.45. The van der Waals surface area contributed by atoms with E-state index in [2.05, 4.69) is 19.9 Å². The maximum atomic E-state index is 10.0. The molecular weight excluding hydrogens is 260 g/mol. The van der Waals surface area contributed by atoms with Gasteiger partial charge in [-0.25, -0.2) is 0 Å². The number of rotatable bonds is 2. The SMILES string of the molecule is OC1CCOCC1c1nc(C2CN3CCN2CC3)no1. The minimum absolute atomic E-state index is 0.180. The fraction of sp³-hybridized carbons (Fsp3) is 0.846. The lowest BCUT2D eigenvalue weighted by Crippen LogP contribution is -2.57. The van der Waals surface area contributed by atoms with Crippen molar-refractivity contribution >= 4 is 0 Å². The van der Waals surface area contributed by atoms with E-state index in [1.807, 2.05) is 0 Å². The molecule has 5 heterocycles. The highest BCUT2D eigenvalue weighted by Gasteiger charge is 2.37. The molecule has 7 heteroatoms. The highest BCUT2D eigenvalue weighted by atomic mass is 16.5. The van der Waals surface area contributed by atoms with Crippen molar-refractivity contribution in [2.45, 2.75) is 24.5 Å². The molecule has 4 aliphatic heterocycles. The number of aromatic nitrogens is 2. The largest absolute Gasteiger partial charge is 0.392 e. The number of hydrogen-bond acceptors (Lipinski definition) is 7. The molecule has 0 radical (unpaired) electrons. The Labute approximate surface area is 117 Å². The summed E-state index contributed by atoms with van der Waals surface area (Å²) in [7, 11) is 0. The molecule has 20 heavy (non-hydrogen) atoms. The van der Waals surface area contributed by atoms with Gasteiger partial charge in [0.2, 0.25) is 5.89 Å². The first-order valence-electron chi connectivity index (χ1n) is 7.37. The van der Waals surface area contributed by atoms with E-state index in [9.17, 15) is 5.11 Å². The van der Waals surface area contributed by atoms with Gasteiger partial charge in [0.25, 0.3) is 0 Å². The van der Waals surface area contributed by atoms with Crippen LogP contribution in [-0.2, 0) is 4.74 Å². The number of nitrogens with zero attached hydrogens (tertiary/aromatic N) is 4. The van der Waals surface area contributed by atoms with Crippen LogP contribution in [0.15, 0.2) is 4.52 Å². The number of hydrogen-bond donors (Lipinski definition) is 1. The number of ether oxygens (including phenoxy) is 1. The summed E-state index contributed by atoms with van der Waals surface area (Å²) in [5.74, 6) is 1.09. The predicted octanol–water partition coefficient (Wildman–Crippen LogP) is -0.393. The lowest BCUT2D eigenvalue weighted by Gasteiger charge is -2.46. The molecule has 1 aromatic rings. The van der Waals surface area contributed by atoms with E-state index in [1.165, 1.54) is 0 Å². The second-order valence-electron chi connectivity index (χ2n) is 5.88. The van der Waals surface area contributed by atoms with Crippen LogP contribution < -0.4 is 0 Å². The quantitative estimate of drug-likeness (QED) is 0.790. The van der Waals surface area contributed by atoms with Crippen LogP contribution >= 0.6 is 0 Å². The highest BCUT2D eigenvalue weighted by molar-refractivity contribution is 5.05. The van der Waals surface area contributed by atoms with Crippen molar-refractivity contribution in [3.63, 3.8) is 0 Å². The van der Waals surface area contributed by atoms with Gasteiger partial charge in [0, 0.05) is 39.3 Å². The van der Waals surface area contributed by atoms with E-state index >= 15 is 0 Å². The Bertz CT molecular complexity index is 472. The average Bonchev–Trinajstić information content (AvgIpc) is 2.98. The van der Waals surface area contributed by atoms with Crippen LogP contribution in [0.2, 0.25) is 0 Å². The van der Waals surface area contributed by atoms with Gasteiger partial charge in [-0.2, -0.15) is 4.98 Å². The van der Waals surface area contributed by atoms with Gasteiger partial charge in [0.05, 0.1) is 24.7 Å². The minimum Gasteiger partial charge on any atom is -0.392 e. The molecule has 0 spiro atoms. The number of aliphatic hydroxyl groups excluding tert-OH is 1. The zero-order chi connectivity index (χ0) is 13.5. The fourth-order valence-corrected chi connectivity index (χ4v) is 3.36. The third kappa shape index (κ3) is 2.14. The maximum absolute atomic E-state index is 10.0. The van der Waals surface area contributed by atoms with Crippen LogP contribution in [-0.4, -0.2) is 77.1 Å². The van der Waals surface area contributed by atoms with Gasteiger partial charge in [-0.15, -0.1) is 0 Å². The van der Waals surface area contributed by atoms with Gasteiger partial charge < -0.3 is 14.4 Å². The fourth-order valence-electron chi connectivity index (χ4n) is 3.36. The predicted molar refractivity (Wildman–Crippen MR) is 69.2 cm³/mol. The first kappa shape index (κ1) is 12.7. The van der Waals surface area contributed by atoms with Crippen LogP contribution in [0.4, 0.5) is 0 Å². The molecule has 0 aromatic carbocycles. The summed E-state index contributed by atoms with van der Waals surface area (Å²) in [4.78, 5) is 9.40. The lowest BCUT2D eigenvalue weighted by atomic mass is 9.99. The Morgan fingerprint density at radius 1 is 1.20 bits per heavy atom. The van der Waals surface area contributed by atoms with Gasteiger partial charge in [0.15, 0.2) is 5.82 Å². The van der Waals surface area contributed by atoms with Crippen molar-refractivity contribution in [2.75, 3.05) is 45.9 Å². The Hall–Kier alpha value is -1.02. The van der Waals surface area contributed by atoms with Crippen LogP contribution in [0.5, 0.6) is 0 Å². The van der Waals surface area contributed by atoms with Gasteiger partial charge in [-0.3, -0.25) is 9.80 Å². The molecule has 0 amide bonds. The first-order chi connectivity index (χ1) is 9.81. The summed E-state index contributed by atoms with van der Waals surface area (Å²) in [6.07, 6.45) is 0.190. The highest BCUT2D eigenvalue weighted by Crippen LogP contribution is 2.30. The van der Waals surface area contributed by atoms with E-state index in [-0.39, 0.29) is 12.0 Å². The topological polar surface area (TPSA) is 74.9 Å². The molecule has 110 valence electrons. The molecule has 1 aromatic heterocycles. The van der Waals surface area contributed by atoms with Crippen molar-refractivity contribution in [1.82, 2.24) is 19.9 Å². The van der Waals surface area contributed by atoms with Gasteiger partial charge in [-0.1, -0.05) is 5.16 Å². The van der Waals surface area contributed by atoms with Crippen LogP contribution in [0, 0.1) is 0 Å². The van der Waals surface area contributed by atoms with Gasteiger partial charge in [-0.05, 0) is 6.42 Å². The first-order valence-corrected chi connectivity index (χ1v) is 7.37. The smallest absolute Gasteiger partial charge is 0.234 e. The molecule has 4 fully saturated rings. The molecule has 4 saturated heterocycles. The molecule has 3 atom stereocenters. The summed E-state index contributed by atoms with van der Waals surface area (Å²) in [6, 6.07) is 0.233. The normalized spacial score (nSPS) is 41.0. The van der Waals surface area contributed by atoms with Crippen molar-refractivity contribution in [3.05, 3.63) is 11.7 Å². The molecule has 0 aliphatic carbocycles. The number of fused-ring (bicyclic) bond motifs is 3. The monoisotopic (exact) mass is 280 g/mol. The minimum atomic E-state index is -0.441. The Balaban J connectivity index is 1.53. The molecular formula is C13H20N4O3. The molecule has 2 bridgehead atoms. The van der Waals surface area contributed by atoms with E-state index in [0.717, 1.165) is 38.5 Å². The lowest BCUT2D eigenvalue weighted by molar-refractivity contribution is -0.0149. The van der Waals surface area contributed by atoms with Crippen LogP contribution in [0.3, 0.4) is 0 Å². The van der Waals surface area contributed by atoms with Crippen molar-refractivity contribution in [1.29, 1.82) is 0 Å². The van der Waals surface area contributed by atoms with Crippen LogP contribution in [0.1, 0.15) is 30.1 Å². The van der Waals surface area contributed by atoms with E-state index in [4.69, 9.17) is 9.26 Å². The second kappa shape index (κ2) is 5.07. The van der Waals surface area contributed by atoms with Crippen molar-refractivity contribution in [2.24, 2.45) is 0 Å². The second-order valence-corrected chi connectivity index (χ2v) is 5.88. The Kier molecular flexibility index (Phi) is 3.22. The summed E-state index contributed by atoms with van der Waals surface area (Å²) in [5.41, 5.74) is 0. The molecule has 1 N–H and O–H groups in total. The van der Waals surface area contributed by atoms with E-state index < -0.39 is 6.10 Å². The molecule has 7 nitrogen and oxygen atoms in total. The summed E-state index contributed by atoms with van der Waals surface area (Å²) in [5, 5.41) is 14.2. The average molecular weight is 280 g/mol. The van der Waals surface area contributed by atoms with Gasteiger partial charge >= 0.3 is 0 Å². The Morgan fingerprint density at radius 2 is 2.05 bits per heavy atom. The number of piperazine rings is 3. The summed E-state index contributed by atoms with van der Waals surface area (Å²) >= 11 is 0. The molecule has 3 unspecified atom stereocenters. The zero-order valence-electron chi connectivity index (χ0n) is 11.4. The van der Waals surface area contributed by atoms with Crippen molar-refractivity contribution in [3.8, 4) is 0 Å². The van der Waals surface area contributed by atoms with E-state index in [0.29, 0.717) is 25.5 Å². The third-order valence-electron chi connectivity index (χ3n) is 4.67. The summed E-state index contributed by atoms with van der Waals surface area (Å²) < 4.78 is 10.8. The standard InChI is InChI=1S/C13H20N4O3/c18-11-1-6-19-8-9(11)13-14-12(15-20-13)10-7-16-2-4-17(10)5-3-16/h9-11,18H,1-8H2. The molecule has 0 saturated carbocycles.